The lowest BCUT2D eigenvalue weighted by Gasteiger charge is -2.11. The number of rotatable bonds is 2. The van der Waals surface area contributed by atoms with Gasteiger partial charge < -0.3 is 15.6 Å². The first-order chi connectivity index (χ1) is 6.15. The maximum Gasteiger partial charge on any atom is 0.270 e. The van der Waals surface area contributed by atoms with Gasteiger partial charge in [0.15, 0.2) is 0 Å². The Kier molecular flexibility index (Phi) is 2.60. The minimum absolute atomic E-state index is 0.158. The van der Waals surface area contributed by atoms with Gasteiger partial charge in [-0.1, -0.05) is 5.92 Å². The highest BCUT2D eigenvalue weighted by Crippen LogP contribution is 2.06. The average molecular weight is 177 g/mol. The molecule has 0 saturated carbocycles. The van der Waals surface area contributed by atoms with Crippen molar-refractivity contribution in [3.05, 3.63) is 18.0 Å². The Morgan fingerprint density at radius 2 is 2.54 bits per heavy atom. The Balaban J connectivity index is 2.74. The summed E-state index contributed by atoms with van der Waals surface area (Å²) in [7, 11) is 1.64. The molecule has 68 valence electrons. The number of aromatic amines is 1. The van der Waals surface area contributed by atoms with Gasteiger partial charge in [0.05, 0.1) is 6.54 Å². The second-order valence-corrected chi connectivity index (χ2v) is 2.71. The smallest absolute Gasteiger partial charge is 0.270 e. The van der Waals surface area contributed by atoms with E-state index in [1.54, 1.807) is 19.3 Å². The van der Waals surface area contributed by atoms with Gasteiger partial charge in [0.2, 0.25) is 0 Å². The number of hydrogen-bond donors (Lipinski definition) is 2. The van der Waals surface area contributed by atoms with E-state index < -0.39 is 0 Å². The first-order valence-corrected chi connectivity index (χ1v) is 3.78. The number of nitrogen functional groups attached to an aromatic ring is 1. The van der Waals surface area contributed by atoms with E-state index in [9.17, 15) is 4.79 Å². The fraction of sp³-hybridized carbons (Fsp3) is 0.222. The van der Waals surface area contributed by atoms with Gasteiger partial charge in [-0.05, 0) is 6.07 Å². The van der Waals surface area contributed by atoms with E-state index in [1.807, 2.05) is 0 Å². The Bertz CT molecular complexity index is 348. The number of amides is 1. The van der Waals surface area contributed by atoms with Crippen LogP contribution < -0.4 is 5.73 Å². The zero-order valence-electron chi connectivity index (χ0n) is 7.37. The summed E-state index contributed by atoms with van der Waals surface area (Å²) >= 11 is 0. The molecule has 0 fully saturated rings. The molecule has 0 aliphatic heterocycles. The molecule has 0 unspecified atom stereocenters. The van der Waals surface area contributed by atoms with E-state index in [0.717, 1.165) is 0 Å². The number of aromatic nitrogens is 1. The summed E-state index contributed by atoms with van der Waals surface area (Å²) < 4.78 is 0. The van der Waals surface area contributed by atoms with Crippen LogP contribution in [-0.4, -0.2) is 29.4 Å². The largest absolute Gasteiger partial charge is 0.397 e. The van der Waals surface area contributed by atoms with Gasteiger partial charge in [0.25, 0.3) is 5.91 Å². The molecule has 1 amide bonds. The Labute approximate surface area is 76.7 Å². The van der Waals surface area contributed by atoms with E-state index in [4.69, 9.17) is 12.2 Å². The van der Waals surface area contributed by atoms with Gasteiger partial charge in [0.1, 0.15) is 5.69 Å². The number of nitrogens with zero attached hydrogens (tertiary/aromatic N) is 1. The third kappa shape index (κ3) is 2.03. The van der Waals surface area contributed by atoms with Gasteiger partial charge in [-0.2, -0.15) is 0 Å². The second-order valence-electron chi connectivity index (χ2n) is 2.71. The topological polar surface area (TPSA) is 62.1 Å². The van der Waals surface area contributed by atoms with Crippen LogP contribution in [0.4, 0.5) is 5.69 Å². The van der Waals surface area contributed by atoms with Gasteiger partial charge >= 0.3 is 0 Å². The van der Waals surface area contributed by atoms with Crippen LogP contribution in [0.5, 0.6) is 0 Å². The molecule has 0 bridgehead atoms. The van der Waals surface area contributed by atoms with Crippen molar-refractivity contribution >= 4 is 11.6 Å². The molecule has 1 aromatic heterocycles. The van der Waals surface area contributed by atoms with E-state index in [1.165, 1.54) is 4.90 Å². The number of hydrogen-bond acceptors (Lipinski definition) is 2. The normalized spacial score (nSPS) is 9.23. The molecule has 0 radical (unpaired) electrons. The van der Waals surface area contributed by atoms with Gasteiger partial charge in [-0.15, -0.1) is 6.42 Å². The van der Waals surface area contributed by atoms with Gasteiger partial charge in [0, 0.05) is 18.9 Å². The molecular weight excluding hydrogens is 166 g/mol. The molecule has 0 aromatic carbocycles. The van der Waals surface area contributed by atoms with Crippen molar-refractivity contribution in [2.75, 3.05) is 19.3 Å². The minimum atomic E-state index is -0.158. The van der Waals surface area contributed by atoms with Crippen LogP contribution in [0.25, 0.3) is 0 Å². The van der Waals surface area contributed by atoms with Gasteiger partial charge in [-0.25, -0.2) is 0 Å². The number of H-pyrrole nitrogens is 1. The quantitative estimate of drug-likeness (QED) is 0.638. The fourth-order valence-corrected chi connectivity index (χ4v) is 0.949. The Morgan fingerprint density at radius 1 is 1.85 bits per heavy atom. The van der Waals surface area contributed by atoms with Crippen molar-refractivity contribution in [2.45, 2.75) is 0 Å². The molecule has 0 saturated heterocycles. The summed E-state index contributed by atoms with van der Waals surface area (Å²) in [5.74, 6) is 2.23. The van der Waals surface area contributed by atoms with Gasteiger partial charge in [-0.3, -0.25) is 4.79 Å². The highest BCUT2D eigenvalue weighted by Gasteiger charge is 2.11. The molecule has 0 spiro atoms. The number of terminal acetylenes is 1. The third-order valence-electron chi connectivity index (χ3n) is 1.61. The summed E-state index contributed by atoms with van der Waals surface area (Å²) in [5.41, 5.74) is 6.44. The van der Waals surface area contributed by atoms with Crippen molar-refractivity contribution in [2.24, 2.45) is 0 Å². The lowest BCUT2D eigenvalue weighted by atomic mass is 10.3. The first-order valence-electron chi connectivity index (χ1n) is 3.78. The molecule has 1 heterocycles. The third-order valence-corrected chi connectivity index (χ3v) is 1.61. The summed E-state index contributed by atoms with van der Waals surface area (Å²) in [4.78, 5) is 15.7. The lowest BCUT2D eigenvalue weighted by Crippen LogP contribution is -2.27. The Morgan fingerprint density at radius 3 is 3.00 bits per heavy atom. The summed E-state index contributed by atoms with van der Waals surface area (Å²) in [5, 5.41) is 0. The van der Waals surface area contributed by atoms with Crippen LogP contribution >= 0.6 is 0 Å². The summed E-state index contributed by atoms with van der Waals surface area (Å²) in [6.07, 6.45) is 6.64. The SMILES string of the molecule is C#CCN(C)C(=O)c1cc(N)c[nH]1. The van der Waals surface area contributed by atoms with Crippen molar-refractivity contribution < 1.29 is 4.79 Å². The monoisotopic (exact) mass is 177 g/mol. The predicted molar refractivity (Wildman–Crippen MR) is 51.0 cm³/mol. The van der Waals surface area contributed by atoms with Crippen LogP contribution in [-0.2, 0) is 0 Å². The van der Waals surface area contributed by atoms with E-state index in [0.29, 0.717) is 11.4 Å². The lowest BCUT2D eigenvalue weighted by molar-refractivity contribution is 0.0807. The second kappa shape index (κ2) is 3.68. The Hall–Kier alpha value is -1.89. The number of nitrogens with two attached hydrogens (primary N) is 1. The first kappa shape index (κ1) is 9.20. The highest BCUT2D eigenvalue weighted by molar-refractivity contribution is 5.93. The van der Waals surface area contributed by atoms with Crippen molar-refractivity contribution in [3.63, 3.8) is 0 Å². The van der Waals surface area contributed by atoms with Crippen LogP contribution in [0.3, 0.4) is 0 Å². The molecule has 0 aliphatic rings. The summed E-state index contributed by atoms with van der Waals surface area (Å²) in [6.45, 7) is 0.289. The van der Waals surface area contributed by atoms with Crippen molar-refractivity contribution in [3.8, 4) is 12.3 Å². The molecule has 1 rings (SSSR count). The molecule has 0 aliphatic carbocycles. The summed E-state index contributed by atoms with van der Waals surface area (Å²) in [6, 6.07) is 1.58. The van der Waals surface area contributed by atoms with Crippen LogP contribution in [0, 0.1) is 12.3 Å². The van der Waals surface area contributed by atoms with Crippen LogP contribution in [0.1, 0.15) is 10.5 Å². The number of carbonyl (C=O) groups excluding carboxylic acids is 1. The van der Waals surface area contributed by atoms with Crippen LogP contribution in [0.2, 0.25) is 0 Å². The fourth-order valence-electron chi connectivity index (χ4n) is 0.949. The number of nitrogens with one attached hydrogen (secondary N) is 1. The molecule has 4 nitrogen and oxygen atoms in total. The maximum absolute atomic E-state index is 11.5. The van der Waals surface area contributed by atoms with E-state index >= 15 is 0 Å². The van der Waals surface area contributed by atoms with E-state index in [2.05, 4.69) is 10.9 Å². The molecule has 4 heteroatoms. The van der Waals surface area contributed by atoms with Crippen molar-refractivity contribution in [1.82, 2.24) is 9.88 Å². The molecule has 0 atom stereocenters. The number of anilines is 1. The van der Waals surface area contributed by atoms with Crippen LogP contribution in [0.15, 0.2) is 12.3 Å². The molecule has 1 aromatic rings. The van der Waals surface area contributed by atoms with E-state index in [-0.39, 0.29) is 12.5 Å². The molecular formula is C9H11N3O. The zero-order valence-corrected chi connectivity index (χ0v) is 7.37. The highest BCUT2D eigenvalue weighted by atomic mass is 16.2. The van der Waals surface area contributed by atoms with Crippen molar-refractivity contribution in [1.29, 1.82) is 0 Å². The molecule has 3 N–H and O–H groups in total. The average Bonchev–Trinajstić information content (AvgIpc) is 2.51. The standard InChI is InChI=1S/C9H11N3O/c1-3-4-12(2)9(13)8-5-7(10)6-11-8/h1,5-6,11H,4,10H2,2H3. The molecule has 13 heavy (non-hydrogen) atoms. The maximum atomic E-state index is 11.5. The zero-order chi connectivity index (χ0) is 9.84. The minimum Gasteiger partial charge on any atom is -0.397 e. The predicted octanol–water partition coefficient (Wildman–Crippen LogP) is 0.302. The number of carbonyl (C=O) groups is 1.